The van der Waals surface area contributed by atoms with Crippen LogP contribution in [0.4, 0.5) is 4.79 Å². The van der Waals surface area contributed by atoms with Gasteiger partial charge in [-0.3, -0.25) is 14.4 Å². The Bertz CT molecular complexity index is 1370. The van der Waals surface area contributed by atoms with Crippen LogP contribution in [-0.2, 0) is 33.3 Å². The van der Waals surface area contributed by atoms with Crippen LogP contribution in [0, 0.1) is 22.2 Å². The molecule has 1 spiro atoms. The number of aliphatic hydroxyl groups is 1. The highest BCUT2D eigenvalue weighted by molar-refractivity contribution is 6.04. The van der Waals surface area contributed by atoms with E-state index in [1.807, 2.05) is 13.8 Å². The predicted molar refractivity (Wildman–Crippen MR) is 148 cm³/mol. The Balaban J connectivity index is 0.000000272. The van der Waals surface area contributed by atoms with Gasteiger partial charge in [0.05, 0.1) is 36.4 Å². The maximum absolute atomic E-state index is 14.0. The van der Waals surface area contributed by atoms with Gasteiger partial charge in [0.15, 0.2) is 11.6 Å². The molecular weight excluding hydrogens is 564 g/mol. The zero-order chi connectivity index (χ0) is 32.1. The average molecular weight is 603 g/mol. The van der Waals surface area contributed by atoms with E-state index in [9.17, 15) is 24.3 Å². The normalized spacial score (nSPS) is 38.1. The van der Waals surface area contributed by atoms with Crippen LogP contribution in [0.5, 0.6) is 0 Å². The van der Waals surface area contributed by atoms with Crippen LogP contribution in [0.3, 0.4) is 0 Å². The summed E-state index contributed by atoms with van der Waals surface area (Å²) in [5, 5.41) is 27.5. The van der Waals surface area contributed by atoms with Crippen molar-refractivity contribution < 1.29 is 58.2 Å². The number of hydrogen-bond donors (Lipinski definition) is 3. The van der Waals surface area contributed by atoms with Crippen molar-refractivity contribution in [3.63, 3.8) is 0 Å². The maximum Gasteiger partial charge on any atom is 0.508 e. The van der Waals surface area contributed by atoms with E-state index < -0.39 is 52.1 Å². The van der Waals surface area contributed by atoms with E-state index in [1.165, 1.54) is 14.2 Å². The van der Waals surface area contributed by atoms with Crippen LogP contribution in [0.25, 0.3) is 0 Å². The number of carboxylic acid groups (broad SMARTS) is 2. The highest BCUT2D eigenvalue weighted by Gasteiger charge is 2.89. The van der Waals surface area contributed by atoms with Gasteiger partial charge in [0.25, 0.3) is 5.97 Å². The van der Waals surface area contributed by atoms with Gasteiger partial charge in [-0.15, -0.1) is 0 Å². The van der Waals surface area contributed by atoms with Crippen LogP contribution in [0.1, 0.15) is 57.3 Å². The maximum atomic E-state index is 14.0. The number of carbonyl (C=O) groups is 5. The first kappa shape index (κ1) is 32.3. The average Bonchev–Trinajstić information content (AvgIpc) is 2.93. The molecule has 0 aromatic heterocycles. The molecule has 1 aliphatic heterocycles. The number of rotatable bonds is 3. The molecule has 0 bridgehead atoms. The smallest absolute Gasteiger partial charge is 0.481 e. The summed E-state index contributed by atoms with van der Waals surface area (Å²) >= 11 is 0. The van der Waals surface area contributed by atoms with Gasteiger partial charge >= 0.3 is 12.1 Å². The summed E-state index contributed by atoms with van der Waals surface area (Å²) in [5.74, 6) is -2.07. The highest BCUT2D eigenvalue weighted by atomic mass is 16.7. The monoisotopic (exact) mass is 602 g/mol. The second-order valence-electron chi connectivity index (χ2n) is 12.1. The molecule has 0 amide bonds. The minimum absolute atomic E-state index is 0.0159. The van der Waals surface area contributed by atoms with Crippen LogP contribution < -0.4 is 0 Å². The summed E-state index contributed by atoms with van der Waals surface area (Å²) in [5.41, 5.74) is -2.55. The lowest BCUT2D eigenvalue weighted by atomic mass is 9.22. The Kier molecular flexibility index (Phi) is 8.37. The number of aromatic carboxylic acids is 1. The van der Waals surface area contributed by atoms with Crippen molar-refractivity contribution in [2.24, 2.45) is 22.2 Å². The number of aliphatic carboxylic acids is 1. The number of hydrogen-bond acceptors (Lipinski definition) is 10. The van der Waals surface area contributed by atoms with Crippen molar-refractivity contribution in [1.82, 2.24) is 0 Å². The number of fused-ring (bicyclic) bond motifs is 1. The minimum atomic E-state index is -1.27. The second-order valence-corrected chi connectivity index (χ2v) is 12.1. The van der Waals surface area contributed by atoms with E-state index in [4.69, 9.17) is 34.0 Å². The first-order valence-electron chi connectivity index (χ1n) is 13.9. The number of ketones is 2. The van der Waals surface area contributed by atoms with Gasteiger partial charge in [0.2, 0.25) is 0 Å². The van der Waals surface area contributed by atoms with Crippen LogP contribution in [0.15, 0.2) is 41.5 Å². The molecule has 1 aromatic rings. The molecule has 8 atom stereocenters. The number of carbonyl (C=O) groups excluding carboxylic acids is 3. The fourth-order valence-corrected chi connectivity index (χ4v) is 8.50. The van der Waals surface area contributed by atoms with Crippen molar-refractivity contribution in [2.45, 2.75) is 70.9 Å². The quantitative estimate of drug-likeness (QED) is 0.431. The van der Waals surface area contributed by atoms with Crippen molar-refractivity contribution >= 4 is 29.7 Å². The molecule has 3 saturated carbocycles. The van der Waals surface area contributed by atoms with Gasteiger partial charge in [0.1, 0.15) is 12.2 Å². The molecule has 7 unspecified atom stereocenters. The van der Waals surface area contributed by atoms with Crippen LogP contribution in [-0.4, -0.2) is 89.7 Å². The molecular formula is C31H38O12. The molecule has 4 fully saturated rings. The van der Waals surface area contributed by atoms with Crippen molar-refractivity contribution in [3.05, 3.63) is 47.0 Å². The fourth-order valence-electron chi connectivity index (χ4n) is 8.50. The summed E-state index contributed by atoms with van der Waals surface area (Å²) in [7, 11) is 2.67. The number of ether oxygens (including phenoxy) is 4. The summed E-state index contributed by atoms with van der Waals surface area (Å²) < 4.78 is 21.9. The van der Waals surface area contributed by atoms with E-state index in [-0.39, 0.29) is 36.4 Å². The molecule has 12 heteroatoms. The number of carboxylic acids is 2. The van der Waals surface area contributed by atoms with Gasteiger partial charge < -0.3 is 34.3 Å². The number of methoxy groups -OCH3 is 2. The third kappa shape index (κ3) is 4.41. The Hall–Kier alpha value is -3.61. The van der Waals surface area contributed by atoms with Crippen molar-refractivity contribution in [3.8, 4) is 0 Å². The SMILES string of the molecule is CC(=O)O.COC(=O)OC1CC2OCC2C23CC4(O)CC(=O)C(C)=C(C(OC)C(=O)C12C)[C@@]43C.O=C(O)c1ccccc1. The molecule has 1 heterocycles. The first-order valence-corrected chi connectivity index (χ1v) is 13.9. The molecule has 0 radical (unpaired) electrons. The molecule has 1 aromatic carbocycles. The van der Waals surface area contributed by atoms with E-state index in [0.29, 0.717) is 29.7 Å². The number of allylic oxidation sites excluding steroid dienone is 1. The standard InChI is InChI=1S/C22H28O8.C7H6O2.C2H4O2/c1-10-12(23)7-21(26)9-22-11-8-29-13(11)6-14(30-18(25)28-5)19(22,2)17(24)16(27-4)15(10)20(21,22)3;8-7(9)6-4-2-1-3-5-6;1-2(3)4/h11,13-14,16,26H,6-9H2,1-5H3;1-5H,(H,8,9);1H3,(H,3,4)/t11?,13?,14?,16?,19?,20-,21?,22?;;/m0../s1. The third-order valence-corrected chi connectivity index (χ3v) is 10.5. The lowest BCUT2D eigenvalue weighted by Gasteiger charge is -2.82. The molecule has 4 aliphatic carbocycles. The fraction of sp³-hybridized carbons (Fsp3) is 0.581. The lowest BCUT2D eigenvalue weighted by Crippen LogP contribution is -2.88. The van der Waals surface area contributed by atoms with E-state index in [0.717, 1.165) is 6.92 Å². The van der Waals surface area contributed by atoms with E-state index in [2.05, 4.69) is 0 Å². The summed E-state index contributed by atoms with van der Waals surface area (Å²) in [4.78, 5) is 58.0. The van der Waals surface area contributed by atoms with Gasteiger partial charge in [-0.2, -0.15) is 0 Å². The molecule has 6 rings (SSSR count). The van der Waals surface area contributed by atoms with Crippen molar-refractivity contribution in [1.29, 1.82) is 0 Å². The topological polar surface area (TPSA) is 183 Å². The number of Topliss-reactive ketones (excluding diaryl/α,β-unsaturated/α-hetero) is 2. The zero-order valence-corrected chi connectivity index (χ0v) is 25.0. The summed E-state index contributed by atoms with van der Waals surface area (Å²) in [6.45, 7) is 7.06. The molecule has 43 heavy (non-hydrogen) atoms. The Morgan fingerprint density at radius 2 is 1.65 bits per heavy atom. The van der Waals surface area contributed by atoms with Gasteiger partial charge in [-0.25, -0.2) is 9.59 Å². The first-order chi connectivity index (χ1) is 20.1. The van der Waals surface area contributed by atoms with E-state index in [1.54, 1.807) is 37.3 Å². The largest absolute Gasteiger partial charge is 0.508 e. The van der Waals surface area contributed by atoms with E-state index >= 15 is 0 Å². The molecule has 5 aliphatic rings. The van der Waals surface area contributed by atoms with Gasteiger partial charge in [0, 0.05) is 43.6 Å². The second kappa shape index (κ2) is 11.1. The Labute approximate surface area is 248 Å². The summed E-state index contributed by atoms with van der Waals surface area (Å²) in [6, 6.07) is 8.30. The molecule has 12 nitrogen and oxygen atoms in total. The molecule has 1 saturated heterocycles. The zero-order valence-electron chi connectivity index (χ0n) is 25.0. The predicted octanol–water partition coefficient (Wildman–Crippen LogP) is 3.05. The van der Waals surface area contributed by atoms with Crippen LogP contribution in [0.2, 0.25) is 0 Å². The van der Waals surface area contributed by atoms with Gasteiger partial charge in [-0.1, -0.05) is 25.1 Å². The minimum Gasteiger partial charge on any atom is -0.481 e. The Morgan fingerprint density at radius 1 is 1.05 bits per heavy atom. The third-order valence-electron chi connectivity index (χ3n) is 10.5. The Morgan fingerprint density at radius 3 is 2.12 bits per heavy atom. The van der Waals surface area contributed by atoms with Crippen LogP contribution >= 0.6 is 0 Å². The number of benzene rings is 1. The van der Waals surface area contributed by atoms with Gasteiger partial charge in [-0.05, 0) is 43.5 Å². The van der Waals surface area contributed by atoms with Crippen molar-refractivity contribution in [2.75, 3.05) is 20.8 Å². The summed E-state index contributed by atoms with van der Waals surface area (Å²) in [6.07, 6.45) is -2.12. The lowest BCUT2D eigenvalue weighted by molar-refractivity contribution is -0.382. The molecule has 234 valence electrons. The molecule has 3 N–H and O–H groups in total. The highest BCUT2D eigenvalue weighted by Crippen LogP contribution is 2.83.